The Hall–Kier alpha value is -3.15. The Morgan fingerprint density at radius 3 is 2.79 bits per heavy atom. The molecule has 2 amide bonds. The SMILES string of the molecule is C[C@@H](NC(=O)c1ccco1)C(=O)NCc1nccc2ccccc12. The number of nitrogens with one attached hydrogen (secondary N) is 2. The smallest absolute Gasteiger partial charge is 0.287 e. The van der Waals surface area contributed by atoms with E-state index < -0.39 is 11.9 Å². The monoisotopic (exact) mass is 323 g/mol. The van der Waals surface area contributed by atoms with Gasteiger partial charge < -0.3 is 15.1 Å². The van der Waals surface area contributed by atoms with Crippen molar-refractivity contribution in [3.63, 3.8) is 0 Å². The first-order chi connectivity index (χ1) is 11.6. The largest absolute Gasteiger partial charge is 0.459 e. The summed E-state index contributed by atoms with van der Waals surface area (Å²) in [7, 11) is 0. The molecule has 122 valence electrons. The van der Waals surface area contributed by atoms with Crippen molar-refractivity contribution in [1.29, 1.82) is 0 Å². The molecule has 0 unspecified atom stereocenters. The van der Waals surface area contributed by atoms with Crippen molar-refractivity contribution in [2.75, 3.05) is 0 Å². The fraction of sp³-hybridized carbons (Fsp3) is 0.167. The van der Waals surface area contributed by atoms with Crippen LogP contribution >= 0.6 is 0 Å². The summed E-state index contributed by atoms with van der Waals surface area (Å²) < 4.78 is 5.00. The minimum Gasteiger partial charge on any atom is -0.459 e. The third-order valence-electron chi connectivity index (χ3n) is 3.67. The molecule has 2 aromatic heterocycles. The van der Waals surface area contributed by atoms with Crippen LogP contribution in [0.3, 0.4) is 0 Å². The van der Waals surface area contributed by atoms with Crippen molar-refractivity contribution in [2.45, 2.75) is 19.5 Å². The van der Waals surface area contributed by atoms with Gasteiger partial charge in [0, 0.05) is 11.6 Å². The van der Waals surface area contributed by atoms with Gasteiger partial charge in [-0.05, 0) is 30.5 Å². The number of benzene rings is 1. The van der Waals surface area contributed by atoms with Crippen LogP contribution in [0.2, 0.25) is 0 Å². The lowest BCUT2D eigenvalue weighted by Crippen LogP contribution is -2.44. The van der Waals surface area contributed by atoms with Crippen molar-refractivity contribution in [3.8, 4) is 0 Å². The zero-order valence-electron chi connectivity index (χ0n) is 13.2. The quantitative estimate of drug-likeness (QED) is 0.754. The molecule has 0 aliphatic heterocycles. The lowest BCUT2D eigenvalue weighted by molar-refractivity contribution is -0.122. The van der Waals surface area contributed by atoms with Crippen molar-refractivity contribution in [3.05, 3.63) is 66.4 Å². The molecule has 24 heavy (non-hydrogen) atoms. The first kappa shape index (κ1) is 15.7. The first-order valence-electron chi connectivity index (χ1n) is 7.60. The molecule has 0 saturated carbocycles. The van der Waals surface area contributed by atoms with Crippen molar-refractivity contribution in [1.82, 2.24) is 15.6 Å². The minimum absolute atomic E-state index is 0.172. The molecule has 6 heteroatoms. The predicted molar refractivity (Wildman–Crippen MR) is 89.2 cm³/mol. The standard InChI is InChI=1S/C18H17N3O3/c1-12(21-18(23)16-7-4-10-24-16)17(22)20-11-15-14-6-3-2-5-13(14)8-9-19-15/h2-10,12H,11H2,1H3,(H,20,22)(H,21,23)/t12-/m1/s1. The summed E-state index contributed by atoms with van der Waals surface area (Å²) in [5.41, 5.74) is 0.783. The third kappa shape index (κ3) is 3.43. The molecule has 0 aliphatic carbocycles. The highest BCUT2D eigenvalue weighted by Crippen LogP contribution is 2.15. The number of rotatable bonds is 5. The van der Waals surface area contributed by atoms with E-state index >= 15 is 0 Å². The van der Waals surface area contributed by atoms with Crippen LogP contribution in [0, 0.1) is 0 Å². The molecule has 1 aromatic carbocycles. The average molecular weight is 323 g/mol. The number of hydrogen-bond acceptors (Lipinski definition) is 4. The topological polar surface area (TPSA) is 84.2 Å². The Balaban J connectivity index is 1.61. The molecule has 0 saturated heterocycles. The average Bonchev–Trinajstić information content (AvgIpc) is 3.14. The first-order valence-corrected chi connectivity index (χ1v) is 7.60. The summed E-state index contributed by atoms with van der Waals surface area (Å²) >= 11 is 0. The van der Waals surface area contributed by atoms with E-state index in [1.165, 1.54) is 6.26 Å². The summed E-state index contributed by atoms with van der Waals surface area (Å²) in [5.74, 6) is -0.541. The lowest BCUT2D eigenvalue weighted by atomic mass is 10.1. The Morgan fingerprint density at radius 2 is 2.00 bits per heavy atom. The second-order valence-corrected chi connectivity index (χ2v) is 5.37. The van der Waals surface area contributed by atoms with Gasteiger partial charge in [0.1, 0.15) is 6.04 Å². The maximum Gasteiger partial charge on any atom is 0.287 e. The van der Waals surface area contributed by atoms with Crippen LogP contribution in [-0.4, -0.2) is 22.8 Å². The molecule has 0 aliphatic rings. The number of fused-ring (bicyclic) bond motifs is 1. The van der Waals surface area contributed by atoms with Crippen LogP contribution in [0.25, 0.3) is 10.8 Å². The van der Waals surface area contributed by atoms with Gasteiger partial charge >= 0.3 is 0 Å². The van der Waals surface area contributed by atoms with Gasteiger partial charge in [0.2, 0.25) is 5.91 Å². The van der Waals surface area contributed by atoms with Gasteiger partial charge in [-0.25, -0.2) is 0 Å². The van der Waals surface area contributed by atoms with E-state index in [2.05, 4.69) is 15.6 Å². The summed E-state index contributed by atoms with van der Waals surface area (Å²) in [5, 5.41) is 7.44. The van der Waals surface area contributed by atoms with E-state index in [4.69, 9.17) is 4.42 Å². The summed E-state index contributed by atoms with van der Waals surface area (Å²) in [6, 6.07) is 12.2. The molecule has 2 N–H and O–H groups in total. The number of carbonyl (C=O) groups excluding carboxylic acids is 2. The number of nitrogens with zero attached hydrogens (tertiary/aromatic N) is 1. The Morgan fingerprint density at radius 1 is 1.17 bits per heavy atom. The van der Waals surface area contributed by atoms with Crippen molar-refractivity contribution >= 4 is 22.6 Å². The maximum absolute atomic E-state index is 12.2. The highest BCUT2D eigenvalue weighted by Gasteiger charge is 2.18. The highest BCUT2D eigenvalue weighted by atomic mass is 16.3. The van der Waals surface area contributed by atoms with Gasteiger partial charge in [-0.1, -0.05) is 24.3 Å². The molecule has 3 rings (SSSR count). The second kappa shape index (κ2) is 6.95. The third-order valence-corrected chi connectivity index (χ3v) is 3.67. The van der Waals surface area contributed by atoms with Crippen LogP contribution in [0.1, 0.15) is 23.2 Å². The van der Waals surface area contributed by atoms with Crippen LogP contribution in [0.15, 0.2) is 59.3 Å². The summed E-state index contributed by atoms with van der Waals surface area (Å²) in [6.45, 7) is 1.91. The highest BCUT2D eigenvalue weighted by molar-refractivity contribution is 5.95. The lowest BCUT2D eigenvalue weighted by Gasteiger charge is -2.13. The zero-order chi connectivity index (χ0) is 16.9. The van der Waals surface area contributed by atoms with Gasteiger partial charge in [0.05, 0.1) is 18.5 Å². The number of pyridine rings is 1. The molecule has 2 heterocycles. The summed E-state index contributed by atoms with van der Waals surface area (Å²) in [6.07, 6.45) is 3.12. The molecule has 3 aromatic rings. The molecular formula is C18H17N3O3. The van der Waals surface area contributed by atoms with Crippen LogP contribution in [0.5, 0.6) is 0 Å². The van der Waals surface area contributed by atoms with E-state index in [0.29, 0.717) is 6.54 Å². The van der Waals surface area contributed by atoms with E-state index in [1.54, 1.807) is 25.3 Å². The van der Waals surface area contributed by atoms with E-state index in [-0.39, 0.29) is 11.7 Å². The van der Waals surface area contributed by atoms with Gasteiger partial charge in [-0.2, -0.15) is 0 Å². The molecular weight excluding hydrogens is 306 g/mol. The van der Waals surface area contributed by atoms with E-state index in [0.717, 1.165) is 16.5 Å². The van der Waals surface area contributed by atoms with Gasteiger partial charge in [-0.3, -0.25) is 14.6 Å². The van der Waals surface area contributed by atoms with Crippen LogP contribution in [-0.2, 0) is 11.3 Å². The molecule has 0 fully saturated rings. The molecule has 0 spiro atoms. The predicted octanol–water partition coefficient (Wildman–Crippen LogP) is 2.26. The molecule has 0 bridgehead atoms. The number of amides is 2. The number of furan rings is 1. The van der Waals surface area contributed by atoms with Crippen molar-refractivity contribution < 1.29 is 14.0 Å². The number of hydrogen-bond donors (Lipinski definition) is 2. The Bertz CT molecular complexity index is 854. The number of aromatic nitrogens is 1. The normalized spacial score (nSPS) is 11.9. The van der Waals surface area contributed by atoms with Crippen LogP contribution in [0.4, 0.5) is 0 Å². The van der Waals surface area contributed by atoms with E-state index in [1.807, 2.05) is 30.3 Å². The minimum atomic E-state index is -0.683. The Kier molecular flexibility index (Phi) is 4.56. The fourth-order valence-corrected chi connectivity index (χ4v) is 2.39. The Labute approximate surface area is 138 Å². The van der Waals surface area contributed by atoms with Crippen LogP contribution < -0.4 is 10.6 Å². The molecule has 6 nitrogen and oxygen atoms in total. The summed E-state index contributed by atoms with van der Waals surface area (Å²) in [4.78, 5) is 28.4. The second-order valence-electron chi connectivity index (χ2n) is 5.37. The molecule has 1 atom stereocenters. The van der Waals surface area contributed by atoms with Crippen molar-refractivity contribution in [2.24, 2.45) is 0 Å². The zero-order valence-corrected chi connectivity index (χ0v) is 13.2. The van der Waals surface area contributed by atoms with E-state index in [9.17, 15) is 9.59 Å². The van der Waals surface area contributed by atoms with Gasteiger partial charge in [0.25, 0.3) is 5.91 Å². The molecule has 0 radical (unpaired) electrons. The maximum atomic E-state index is 12.2. The van der Waals surface area contributed by atoms with Gasteiger partial charge in [-0.15, -0.1) is 0 Å². The number of carbonyl (C=O) groups is 2. The van der Waals surface area contributed by atoms with Gasteiger partial charge in [0.15, 0.2) is 5.76 Å². The fourth-order valence-electron chi connectivity index (χ4n) is 2.39.